The fraction of sp³-hybridized carbons (Fsp3) is 0.500. The van der Waals surface area contributed by atoms with Gasteiger partial charge in [-0.2, -0.15) is 0 Å². The number of rotatable bonds is 4. The van der Waals surface area contributed by atoms with Crippen LogP contribution in [0.4, 0.5) is 0 Å². The van der Waals surface area contributed by atoms with Crippen molar-refractivity contribution in [2.75, 3.05) is 6.54 Å². The third kappa shape index (κ3) is 2.33. The summed E-state index contributed by atoms with van der Waals surface area (Å²) in [5.41, 5.74) is 4.39. The van der Waals surface area contributed by atoms with Crippen LogP contribution >= 0.6 is 11.3 Å². The number of pyridine rings is 1. The van der Waals surface area contributed by atoms with E-state index < -0.39 is 0 Å². The molecule has 110 valence electrons. The summed E-state index contributed by atoms with van der Waals surface area (Å²) < 4.78 is 0. The molecule has 2 aliphatic carbocycles. The maximum atomic E-state index is 4.70. The first-order valence-electron chi connectivity index (χ1n) is 8.15. The van der Waals surface area contributed by atoms with Crippen molar-refractivity contribution < 1.29 is 0 Å². The highest BCUT2D eigenvalue weighted by molar-refractivity contribution is 7.12. The molecular weight excluding hydrogens is 276 g/mol. The molecule has 1 N–H and O–H groups in total. The monoisotopic (exact) mass is 298 g/mol. The molecule has 2 heterocycles. The second-order valence-corrected chi connectivity index (χ2v) is 7.35. The summed E-state index contributed by atoms with van der Waals surface area (Å²) in [6.07, 6.45) is 8.28. The minimum absolute atomic E-state index is 0.446. The fourth-order valence-electron chi connectivity index (χ4n) is 3.93. The first-order chi connectivity index (χ1) is 10.4. The molecule has 2 atom stereocenters. The molecule has 3 heteroatoms. The van der Waals surface area contributed by atoms with Gasteiger partial charge < -0.3 is 5.32 Å². The fourth-order valence-corrected chi connectivity index (χ4v) is 5.33. The van der Waals surface area contributed by atoms with E-state index in [0.29, 0.717) is 12.0 Å². The number of nitrogens with one attached hydrogen (secondary N) is 1. The molecule has 0 fully saturated rings. The molecule has 0 aromatic carbocycles. The molecule has 0 aliphatic heterocycles. The largest absolute Gasteiger partial charge is 0.309 e. The third-order valence-electron chi connectivity index (χ3n) is 4.90. The van der Waals surface area contributed by atoms with E-state index >= 15 is 0 Å². The van der Waals surface area contributed by atoms with Crippen LogP contribution in [0.15, 0.2) is 24.4 Å². The zero-order valence-corrected chi connectivity index (χ0v) is 13.4. The number of fused-ring (bicyclic) bond motifs is 2. The molecule has 2 aliphatic rings. The highest BCUT2D eigenvalue weighted by Crippen LogP contribution is 2.44. The predicted molar refractivity (Wildman–Crippen MR) is 88.1 cm³/mol. The van der Waals surface area contributed by atoms with E-state index in [9.17, 15) is 0 Å². The van der Waals surface area contributed by atoms with E-state index in [-0.39, 0.29) is 0 Å². The minimum atomic E-state index is 0.446. The lowest BCUT2D eigenvalue weighted by Gasteiger charge is -2.23. The van der Waals surface area contributed by atoms with E-state index in [4.69, 9.17) is 4.98 Å². The molecule has 2 nitrogen and oxygen atoms in total. The van der Waals surface area contributed by atoms with Crippen molar-refractivity contribution in [3.63, 3.8) is 0 Å². The van der Waals surface area contributed by atoms with Crippen LogP contribution in [0.1, 0.15) is 58.3 Å². The Kier molecular flexibility index (Phi) is 3.56. The standard InChI is InChI=1S/C18H22N2S/c1-2-19-18(16-11-13-5-3-7-15(13)21-16)14-9-8-12-6-4-10-20-17(12)14/h4,6,10-11,14,18-19H,2-3,5,7-9H2,1H3. The highest BCUT2D eigenvalue weighted by Gasteiger charge is 2.33. The van der Waals surface area contributed by atoms with Crippen molar-refractivity contribution in [2.45, 2.75) is 51.0 Å². The van der Waals surface area contributed by atoms with Crippen molar-refractivity contribution in [3.8, 4) is 0 Å². The quantitative estimate of drug-likeness (QED) is 0.922. The van der Waals surface area contributed by atoms with Crippen LogP contribution in [0.5, 0.6) is 0 Å². The zero-order chi connectivity index (χ0) is 14.2. The molecule has 0 saturated carbocycles. The van der Waals surface area contributed by atoms with Crippen molar-refractivity contribution in [1.29, 1.82) is 0 Å². The van der Waals surface area contributed by atoms with Gasteiger partial charge >= 0.3 is 0 Å². The van der Waals surface area contributed by atoms with Gasteiger partial charge in [0.2, 0.25) is 0 Å². The number of thiophene rings is 1. The average Bonchev–Trinajstić information content (AvgIpc) is 3.18. The van der Waals surface area contributed by atoms with Gasteiger partial charge in [0, 0.05) is 33.6 Å². The van der Waals surface area contributed by atoms with Gasteiger partial charge in [-0.3, -0.25) is 4.98 Å². The lowest BCUT2D eigenvalue weighted by molar-refractivity contribution is 0.453. The van der Waals surface area contributed by atoms with Crippen LogP contribution in [0.2, 0.25) is 0 Å². The Morgan fingerprint density at radius 3 is 3.14 bits per heavy atom. The van der Waals surface area contributed by atoms with E-state index in [1.807, 2.05) is 17.5 Å². The van der Waals surface area contributed by atoms with Crippen molar-refractivity contribution >= 4 is 11.3 Å². The van der Waals surface area contributed by atoms with Gasteiger partial charge in [0.25, 0.3) is 0 Å². The predicted octanol–water partition coefficient (Wildman–Crippen LogP) is 4.01. The van der Waals surface area contributed by atoms with Gasteiger partial charge in [-0.25, -0.2) is 0 Å². The van der Waals surface area contributed by atoms with Gasteiger partial charge in [0.15, 0.2) is 0 Å². The maximum Gasteiger partial charge on any atom is 0.0499 e. The number of hydrogen-bond donors (Lipinski definition) is 1. The molecule has 2 aromatic rings. The van der Waals surface area contributed by atoms with Gasteiger partial charge in [0.1, 0.15) is 0 Å². The summed E-state index contributed by atoms with van der Waals surface area (Å²) >= 11 is 2.04. The van der Waals surface area contributed by atoms with E-state index in [0.717, 1.165) is 6.54 Å². The summed E-state index contributed by atoms with van der Waals surface area (Å²) in [7, 11) is 0. The summed E-state index contributed by atoms with van der Waals surface area (Å²) in [5.74, 6) is 0.542. The Morgan fingerprint density at radius 1 is 1.33 bits per heavy atom. The van der Waals surface area contributed by atoms with Crippen LogP contribution in [-0.2, 0) is 19.3 Å². The van der Waals surface area contributed by atoms with Crippen LogP contribution in [0.3, 0.4) is 0 Å². The topological polar surface area (TPSA) is 24.9 Å². The van der Waals surface area contributed by atoms with Gasteiger partial charge in [-0.1, -0.05) is 13.0 Å². The van der Waals surface area contributed by atoms with Gasteiger partial charge in [0.05, 0.1) is 0 Å². The summed E-state index contributed by atoms with van der Waals surface area (Å²) in [6, 6.07) is 7.24. The summed E-state index contributed by atoms with van der Waals surface area (Å²) in [5, 5.41) is 3.74. The number of likely N-dealkylation sites (N-methyl/N-ethyl adjacent to an activating group) is 1. The Morgan fingerprint density at radius 2 is 2.29 bits per heavy atom. The molecule has 2 unspecified atom stereocenters. The Labute approximate surface area is 130 Å². The number of aromatic nitrogens is 1. The first kappa shape index (κ1) is 13.5. The highest BCUT2D eigenvalue weighted by atomic mass is 32.1. The normalized spacial score (nSPS) is 21.3. The molecule has 0 bridgehead atoms. The van der Waals surface area contributed by atoms with Gasteiger partial charge in [-0.15, -0.1) is 11.3 Å². The van der Waals surface area contributed by atoms with Crippen LogP contribution in [0.25, 0.3) is 0 Å². The van der Waals surface area contributed by atoms with Crippen LogP contribution < -0.4 is 5.32 Å². The zero-order valence-electron chi connectivity index (χ0n) is 12.6. The molecule has 0 amide bonds. The SMILES string of the molecule is CCNC(c1cc2c(s1)CCC2)C1CCc2cccnc21. The van der Waals surface area contributed by atoms with E-state index in [2.05, 4.69) is 30.4 Å². The second-order valence-electron chi connectivity index (χ2n) is 6.18. The minimum Gasteiger partial charge on any atom is -0.309 e. The maximum absolute atomic E-state index is 4.70. The van der Waals surface area contributed by atoms with E-state index in [1.54, 1.807) is 10.4 Å². The molecule has 21 heavy (non-hydrogen) atoms. The molecule has 4 rings (SSSR count). The molecular formula is C18H22N2S. The van der Waals surface area contributed by atoms with Crippen LogP contribution in [0, 0.1) is 0 Å². The van der Waals surface area contributed by atoms with Crippen LogP contribution in [-0.4, -0.2) is 11.5 Å². The summed E-state index contributed by atoms with van der Waals surface area (Å²) in [4.78, 5) is 7.86. The summed E-state index contributed by atoms with van der Waals surface area (Å²) in [6.45, 7) is 3.23. The number of hydrogen-bond acceptors (Lipinski definition) is 3. The Bertz CT molecular complexity index is 625. The van der Waals surface area contributed by atoms with Crippen molar-refractivity contribution in [1.82, 2.24) is 10.3 Å². The molecule has 0 saturated heterocycles. The third-order valence-corrected chi connectivity index (χ3v) is 6.22. The lowest BCUT2D eigenvalue weighted by atomic mass is 9.95. The number of nitrogens with zero attached hydrogens (tertiary/aromatic N) is 1. The Hall–Kier alpha value is -1.19. The van der Waals surface area contributed by atoms with Crippen molar-refractivity contribution in [2.24, 2.45) is 0 Å². The smallest absolute Gasteiger partial charge is 0.0499 e. The molecule has 2 aromatic heterocycles. The lowest BCUT2D eigenvalue weighted by Crippen LogP contribution is -2.25. The van der Waals surface area contributed by atoms with E-state index in [1.165, 1.54) is 48.2 Å². The average molecular weight is 298 g/mol. The number of aryl methyl sites for hydroxylation is 3. The molecule has 0 spiro atoms. The van der Waals surface area contributed by atoms with Gasteiger partial charge in [-0.05, 0) is 61.9 Å². The second kappa shape index (κ2) is 5.54. The first-order valence-corrected chi connectivity index (χ1v) is 8.97. The molecule has 0 radical (unpaired) electrons. The van der Waals surface area contributed by atoms with Crippen molar-refractivity contribution in [3.05, 3.63) is 51.0 Å². The Balaban J connectivity index is 1.68.